The van der Waals surface area contributed by atoms with E-state index in [9.17, 15) is 14.7 Å². The fourth-order valence-corrected chi connectivity index (χ4v) is 4.26. The standard InChI is InChI=1S/C28H29N3O4/c1-3-35-27(34)14-8-11-20-25(29-18(2)33)15-19(17-32)16-26(20)31-28-21-9-4-6-12-23(21)30-24-13-7-5-10-22(24)28/h4-7,9-10,12-13,15-16,32H,3,8,11,14,17H2,1-2H3,(H,29,33)(H,30,31). The lowest BCUT2D eigenvalue weighted by Gasteiger charge is -2.20. The Morgan fingerprint density at radius 3 is 2.20 bits per heavy atom. The molecule has 35 heavy (non-hydrogen) atoms. The molecule has 0 aliphatic rings. The molecule has 0 radical (unpaired) electrons. The Morgan fingerprint density at radius 1 is 0.971 bits per heavy atom. The lowest BCUT2D eigenvalue weighted by atomic mass is 9.99. The SMILES string of the molecule is CCOC(=O)CCCc1c(NC(C)=O)cc(CO)cc1Nc1c2ccccc2nc2ccccc12. The van der Waals surface area contributed by atoms with Crippen molar-refractivity contribution in [2.75, 3.05) is 17.2 Å². The number of carbonyl (C=O) groups excluding carboxylic acids is 2. The molecule has 0 saturated heterocycles. The predicted molar refractivity (Wildman–Crippen MR) is 139 cm³/mol. The number of esters is 1. The van der Waals surface area contributed by atoms with Crippen LogP contribution < -0.4 is 10.6 Å². The molecule has 180 valence electrons. The number of nitrogens with one attached hydrogen (secondary N) is 2. The molecule has 1 aromatic heterocycles. The van der Waals surface area contributed by atoms with Gasteiger partial charge in [0.15, 0.2) is 0 Å². The minimum Gasteiger partial charge on any atom is -0.466 e. The number of anilines is 3. The van der Waals surface area contributed by atoms with Crippen LogP contribution in [0.5, 0.6) is 0 Å². The average molecular weight is 472 g/mol. The Balaban J connectivity index is 1.83. The molecule has 1 heterocycles. The molecule has 4 aromatic rings. The van der Waals surface area contributed by atoms with E-state index in [1.54, 1.807) is 13.0 Å². The van der Waals surface area contributed by atoms with Crippen LogP contribution >= 0.6 is 0 Å². The van der Waals surface area contributed by atoms with Crippen molar-refractivity contribution in [2.45, 2.75) is 39.7 Å². The van der Waals surface area contributed by atoms with Gasteiger partial charge in [0.1, 0.15) is 0 Å². The molecule has 0 bridgehead atoms. The molecule has 7 heteroatoms. The summed E-state index contributed by atoms with van der Waals surface area (Å²) in [7, 11) is 0. The summed E-state index contributed by atoms with van der Waals surface area (Å²) in [6.07, 6.45) is 1.36. The topological polar surface area (TPSA) is 101 Å². The van der Waals surface area contributed by atoms with Gasteiger partial charge in [0.25, 0.3) is 0 Å². The third-order valence-electron chi connectivity index (χ3n) is 5.76. The van der Waals surface area contributed by atoms with Crippen LogP contribution in [-0.2, 0) is 27.4 Å². The molecule has 0 spiro atoms. The second-order valence-corrected chi connectivity index (χ2v) is 8.31. The summed E-state index contributed by atoms with van der Waals surface area (Å²) in [5.74, 6) is -0.460. The van der Waals surface area contributed by atoms with Gasteiger partial charge in [-0.1, -0.05) is 36.4 Å². The summed E-state index contributed by atoms with van der Waals surface area (Å²) < 4.78 is 5.07. The van der Waals surface area contributed by atoms with Crippen LogP contribution in [0.25, 0.3) is 21.8 Å². The van der Waals surface area contributed by atoms with Gasteiger partial charge in [-0.15, -0.1) is 0 Å². The molecular weight excluding hydrogens is 442 g/mol. The summed E-state index contributed by atoms with van der Waals surface area (Å²) in [5, 5.41) is 18.3. The van der Waals surface area contributed by atoms with Crippen LogP contribution in [0.4, 0.5) is 17.1 Å². The summed E-state index contributed by atoms with van der Waals surface area (Å²) in [6, 6.07) is 19.5. The van der Waals surface area contributed by atoms with Crippen LogP contribution in [-0.4, -0.2) is 28.6 Å². The molecule has 0 saturated carbocycles. The van der Waals surface area contributed by atoms with Crippen LogP contribution in [0.15, 0.2) is 60.7 Å². The number of aliphatic hydroxyl groups is 1. The van der Waals surface area contributed by atoms with Gasteiger partial charge in [-0.3, -0.25) is 9.59 Å². The van der Waals surface area contributed by atoms with E-state index in [4.69, 9.17) is 9.72 Å². The van der Waals surface area contributed by atoms with Crippen LogP contribution in [0.3, 0.4) is 0 Å². The number of hydrogen-bond acceptors (Lipinski definition) is 6. The van der Waals surface area contributed by atoms with Gasteiger partial charge >= 0.3 is 5.97 Å². The number of aromatic nitrogens is 1. The lowest BCUT2D eigenvalue weighted by molar-refractivity contribution is -0.143. The molecule has 0 fully saturated rings. The van der Waals surface area contributed by atoms with Crippen molar-refractivity contribution in [3.8, 4) is 0 Å². The van der Waals surface area contributed by atoms with Crippen molar-refractivity contribution >= 4 is 50.7 Å². The number of carbonyl (C=O) groups is 2. The summed E-state index contributed by atoms with van der Waals surface area (Å²) in [4.78, 5) is 28.7. The van der Waals surface area contributed by atoms with Crippen molar-refractivity contribution < 1.29 is 19.4 Å². The maximum absolute atomic E-state index is 12.0. The summed E-state index contributed by atoms with van der Waals surface area (Å²) in [6.45, 7) is 3.40. The van der Waals surface area contributed by atoms with E-state index in [2.05, 4.69) is 10.6 Å². The molecule has 3 aromatic carbocycles. The van der Waals surface area contributed by atoms with Gasteiger partial charge in [0, 0.05) is 35.5 Å². The van der Waals surface area contributed by atoms with Crippen molar-refractivity contribution in [3.63, 3.8) is 0 Å². The van der Waals surface area contributed by atoms with Crippen molar-refractivity contribution in [1.82, 2.24) is 4.98 Å². The number of ether oxygens (including phenoxy) is 1. The number of rotatable bonds is 9. The van der Waals surface area contributed by atoms with E-state index in [0.29, 0.717) is 30.7 Å². The average Bonchev–Trinajstić information content (AvgIpc) is 2.85. The number of pyridine rings is 1. The zero-order valence-electron chi connectivity index (χ0n) is 19.9. The number of fused-ring (bicyclic) bond motifs is 2. The zero-order chi connectivity index (χ0) is 24.8. The molecular formula is C28H29N3O4. The van der Waals surface area contributed by atoms with E-state index in [1.165, 1.54) is 6.92 Å². The highest BCUT2D eigenvalue weighted by Crippen LogP contribution is 2.37. The van der Waals surface area contributed by atoms with E-state index >= 15 is 0 Å². The van der Waals surface area contributed by atoms with E-state index in [1.807, 2.05) is 54.6 Å². The maximum Gasteiger partial charge on any atom is 0.305 e. The van der Waals surface area contributed by atoms with Gasteiger partial charge < -0.3 is 20.5 Å². The largest absolute Gasteiger partial charge is 0.466 e. The van der Waals surface area contributed by atoms with Gasteiger partial charge in [-0.05, 0) is 55.2 Å². The number of nitrogens with zero attached hydrogens (tertiary/aromatic N) is 1. The van der Waals surface area contributed by atoms with E-state index < -0.39 is 0 Å². The number of para-hydroxylation sites is 2. The van der Waals surface area contributed by atoms with Crippen LogP contribution in [0, 0.1) is 0 Å². The van der Waals surface area contributed by atoms with Crippen LogP contribution in [0.1, 0.15) is 37.8 Å². The first-order chi connectivity index (χ1) is 17.0. The smallest absolute Gasteiger partial charge is 0.305 e. The Morgan fingerprint density at radius 2 is 1.60 bits per heavy atom. The van der Waals surface area contributed by atoms with Gasteiger partial charge in [-0.2, -0.15) is 0 Å². The monoisotopic (exact) mass is 471 g/mol. The van der Waals surface area contributed by atoms with Gasteiger partial charge in [0.05, 0.1) is 29.9 Å². The highest BCUT2D eigenvalue weighted by molar-refractivity contribution is 6.09. The third-order valence-corrected chi connectivity index (χ3v) is 5.76. The second-order valence-electron chi connectivity index (χ2n) is 8.31. The molecule has 0 unspecified atom stereocenters. The predicted octanol–water partition coefficient (Wildman–Crippen LogP) is 5.47. The zero-order valence-corrected chi connectivity index (χ0v) is 19.9. The molecule has 3 N–H and O–H groups in total. The van der Waals surface area contributed by atoms with E-state index in [-0.39, 0.29) is 24.9 Å². The Kier molecular flexibility index (Phi) is 7.57. The van der Waals surface area contributed by atoms with Crippen LogP contribution in [0.2, 0.25) is 0 Å². The Hall–Kier alpha value is -3.97. The molecule has 0 atom stereocenters. The Labute approximate surface area is 204 Å². The van der Waals surface area contributed by atoms with Gasteiger partial charge in [-0.25, -0.2) is 4.98 Å². The summed E-state index contributed by atoms with van der Waals surface area (Å²) >= 11 is 0. The van der Waals surface area contributed by atoms with Gasteiger partial charge in [0.2, 0.25) is 5.91 Å². The first-order valence-electron chi connectivity index (χ1n) is 11.7. The molecule has 4 rings (SSSR count). The lowest BCUT2D eigenvalue weighted by Crippen LogP contribution is -2.12. The summed E-state index contributed by atoms with van der Waals surface area (Å²) in [5.41, 5.74) is 5.49. The fraction of sp³-hybridized carbons (Fsp3) is 0.250. The number of aliphatic hydroxyl groups excluding tert-OH is 1. The minimum atomic E-state index is -0.249. The van der Waals surface area contributed by atoms with Crippen molar-refractivity contribution in [2.24, 2.45) is 0 Å². The number of amides is 1. The number of hydrogen-bond donors (Lipinski definition) is 3. The minimum absolute atomic E-state index is 0.178. The highest BCUT2D eigenvalue weighted by atomic mass is 16.5. The van der Waals surface area contributed by atoms with Crippen molar-refractivity contribution in [3.05, 3.63) is 71.8 Å². The second kappa shape index (κ2) is 11.0. The molecule has 7 nitrogen and oxygen atoms in total. The fourth-order valence-electron chi connectivity index (χ4n) is 4.26. The van der Waals surface area contributed by atoms with Crippen molar-refractivity contribution in [1.29, 1.82) is 0 Å². The molecule has 1 amide bonds. The Bertz CT molecular complexity index is 1330. The highest BCUT2D eigenvalue weighted by Gasteiger charge is 2.16. The molecule has 0 aliphatic heterocycles. The number of benzene rings is 3. The van der Waals surface area contributed by atoms with E-state index in [0.717, 1.165) is 38.7 Å². The first kappa shape index (κ1) is 24.2. The quantitative estimate of drug-likeness (QED) is 0.221. The first-order valence-corrected chi connectivity index (χ1v) is 11.7. The third kappa shape index (κ3) is 5.58. The normalized spacial score (nSPS) is 10.9. The molecule has 0 aliphatic carbocycles. The maximum atomic E-state index is 12.0.